The number of ether oxygens (including phenoxy) is 1. The molecular weight excluding hydrogens is 250 g/mol. The lowest BCUT2D eigenvalue weighted by molar-refractivity contribution is -0.0967. The molecule has 0 spiro atoms. The molecule has 0 aromatic heterocycles. The zero-order valence-electron chi connectivity index (χ0n) is 13.8. The number of nitrogens with zero attached hydrogens (tertiary/aromatic N) is 2. The lowest BCUT2D eigenvalue weighted by Gasteiger charge is -2.54. The molecule has 0 radical (unpaired) electrons. The summed E-state index contributed by atoms with van der Waals surface area (Å²) in [7, 11) is 2.24. The van der Waals surface area contributed by atoms with Gasteiger partial charge < -0.3 is 10.5 Å². The fourth-order valence-corrected chi connectivity index (χ4v) is 3.90. The van der Waals surface area contributed by atoms with E-state index in [4.69, 9.17) is 10.5 Å². The Hall–Kier alpha value is -0.160. The lowest BCUT2D eigenvalue weighted by atomic mass is 9.82. The van der Waals surface area contributed by atoms with Crippen molar-refractivity contribution in [2.75, 3.05) is 33.3 Å². The molecule has 4 heteroatoms. The van der Waals surface area contributed by atoms with Crippen LogP contribution in [0.2, 0.25) is 0 Å². The van der Waals surface area contributed by atoms with E-state index in [1.807, 2.05) is 0 Å². The molecule has 2 rings (SSSR count). The molecule has 0 amide bonds. The van der Waals surface area contributed by atoms with Crippen molar-refractivity contribution < 1.29 is 4.74 Å². The van der Waals surface area contributed by atoms with Crippen molar-refractivity contribution in [3.05, 3.63) is 0 Å². The van der Waals surface area contributed by atoms with Crippen molar-refractivity contribution in [2.24, 2.45) is 5.73 Å². The van der Waals surface area contributed by atoms with E-state index in [-0.39, 0.29) is 5.54 Å². The minimum absolute atomic E-state index is 0.169. The number of hydrogen-bond donors (Lipinski definition) is 1. The average Bonchev–Trinajstić information content (AvgIpc) is 2.44. The molecule has 0 bridgehead atoms. The maximum absolute atomic E-state index is 6.24. The van der Waals surface area contributed by atoms with Crippen LogP contribution in [-0.2, 0) is 4.74 Å². The second-order valence-electron chi connectivity index (χ2n) is 6.93. The van der Waals surface area contributed by atoms with Crippen LogP contribution in [0.25, 0.3) is 0 Å². The van der Waals surface area contributed by atoms with Crippen LogP contribution in [0.1, 0.15) is 46.5 Å². The maximum atomic E-state index is 6.24. The summed E-state index contributed by atoms with van der Waals surface area (Å²) < 4.78 is 5.95. The van der Waals surface area contributed by atoms with Gasteiger partial charge in [-0.25, -0.2) is 0 Å². The van der Waals surface area contributed by atoms with Gasteiger partial charge in [0, 0.05) is 43.9 Å². The molecule has 0 aromatic carbocycles. The van der Waals surface area contributed by atoms with Crippen molar-refractivity contribution in [3.8, 4) is 0 Å². The van der Waals surface area contributed by atoms with E-state index >= 15 is 0 Å². The minimum Gasteiger partial charge on any atom is -0.378 e. The van der Waals surface area contributed by atoms with Gasteiger partial charge in [-0.2, -0.15) is 0 Å². The van der Waals surface area contributed by atoms with Crippen molar-refractivity contribution in [3.63, 3.8) is 0 Å². The van der Waals surface area contributed by atoms with Crippen LogP contribution < -0.4 is 5.73 Å². The summed E-state index contributed by atoms with van der Waals surface area (Å²) in [5.41, 5.74) is 6.41. The molecule has 0 aliphatic carbocycles. The van der Waals surface area contributed by atoms with Crippen LogP contribution in [-0.4, -0.2) is 66.8 Å². The fourth-order valence-electron chi connectivity index (χ4n) is 3.90. The van der Waals surface area contributed by atoms with Gasteiger partial charge in [-0.15, -0.1) is 0 Å². The van der Waals surface area contributed by atoms with Gasteiger partial charge >= 0.3 is 0 Å². The summed E-state index contributed by atoms with van der Waals surface area (Å²) in [6, 6.07) is 1.21. The highest BCUT2D eigenvalue weighted by Gasteiger charge is 2.43. The van der Waals surface area contributed by atoms with E-state index in [1.165, 1.54) is 12.8 Å². The predicted molar refractivity (Wildman–Crippen MR) is 83.9 cm³/mol. The maximum Gasteiger partial charge on any atom is 0.0593 e. The van der Waals surface area contributed by atoms with E-state index in [1.54, 1.807) is 0 Å². The van der Waals surface area contributed by atoms with Crippen LogP contribution >= 0.6 is 0 Å². The topological polar surface area (TPSA) is 41.7 Å². The van der Waals surface area contributed by atoms with Crippen LogP contribution in [0.5, 0.6) is 0 Å². The Bertz CT molecular complexity index is 298. The summed E-state index contributed by atoms with van der Waals surface area (Å²) in [5.74, 6) is 0. The standard InChI is InChI=1S/C16H33N3O/c1-5-6-15-9-16(12-17,7-8-20-15)19-10-13(2)18(4)14(3)11-19/h13-15H,5-12,17H2,1-4H3. The van der Waals surface area contributed by atoms with Gasteiger partial charge in [0.15, 0.2) is 0 Å². The molecule has 4 nitrogen and oxygen atoms in total. The second kappa shape index (κ2) is 6.73. The molecule has 2 N–H and O–H groups in total. The molecule has 0 saturated carbocycles. The third kappa shape index (κ3) is 3.19. The SMILES string of the molecule is CCCC1CC(CN)(N2CC(C)N(C)C(C)C2)CCO1. The summed E-state index contributed by atoms with van der Waals surface area (Å²) in [6.45, 7) is 10.8. The zero-order chi connectivity index (χ0) is 14.8. The van der Waals surface area contributed by atoms with E-state index in [2.05, 4.69) is 37.6 Å². The highest BCUT2D eigenvalue weighted by atomic mass is 16.5. The fraction of sp³-hybridized carbons (Fsp3) is 1.00. The smallest absolute Gasteiger partial charge is 0.0593 e. The number of hydrogen-bond acceptors (Lipinski definition) is 4. The molecule has 118 valence electrons. The number of likely N-dealkylation sites (N-methyl/N-ethyl adjacent to an activating group) is 1. The highest BCUT2D eigenvalue weighted by Crippen LogP contribution is 2.34. The van der Waals surface area contributed by atoms with Gasteiger partial charge in [0.2, 0.25) is 0 Å². The molecule has 4 unspecified atom stereocenters. The third-order valence-electron chi connectivity index (χ3n) is 5.55. The van der Waals surface area contributed by atoms with Gasteiger partial charge in [0.25, 0.3) is 0 Å². The van der Waals surface area contributed by atoms with Crippen LogP contribution in [0.3, 0.4) is 0 Å². The molecule has 2 fully saturated rings. The Morgan fingerprint density at radius 2 is 1.90 bits per heavy atom. The number of piperazine rings is 1. The molecule has 20 heavy (non-hydrogen) atoms. The highest BCUT2D eigenvalue weighted by molar-refractivity contribution is 5.00. The van der Waals surface area contributed by atoms with Crippen molar-refractivity contribution >= 4 is 0 Å². The Kier molecular flexibility index (Phi) is 5.46. The first-order chi connectivity index (χ1) is 9.52. The molecule has 2 aliphatic heterocycles. The first-order valence-corrected chi connectivity index (χ1v) is 8.31. The van der Waals surface area contributed by atoms with Crippen LogP contribution in [0.15, 0.2) is 0 Å². The molecule has 2 heterocycles. The molecular formula is C16H33N3O. The summed E-state index contributed by atoms with van der Waals surface area (Å²) in [6.07, 6.45) is 4.97. The molecule has 4 atom stereocenters. The average molecular weight is 283 g/mol. The normalized spacial score (nSPS) is 41.0. The van der Waals surface area contributed by atoms with E-state index in [0.29, 0.717) is 18.2 Å². The van der Waals surface area contributed by atoms with Gasteiger partial charge in [0.05, 0.1) is 6.10 Å². The lowest BCUT2D eigenvalue weighted by Crippen LogP contribution is -2.66. The number of nitrogens with two attached hydrogens (primary N) is 1. The Balaban J connectivity index is 2.09. The first-order valence-electron chi connectivity index (χ1n) is 8.31. The molecule has 2 saturated heterocycles. The Morgan fingerprint density at radius 1 is 1.25 bits per heavy atom. The Morgan fingerprint density at radius 3 is 2.45 bits per heavy atom. The molecule has 2 aliphatic rings. The quantitative estimate of drug-likeness (QED) is 0.852. The summed E-state index contributed by atoms with van der Waals surface area (Å²) >= 11 is 0. The van der Waals surface area contributed by atoms with Gasteiger partial charge in [-0.05, 0) is 40.2 Å². The predicted octanol–water partition coefficient (Wildman–Crippen LogP) is 1.69. The van der Waals surface area contributed by atoms with Gasteiger partial charge in [-0.1, -0.05) is 13.3 Å². The van der Waals surface area contributed by atoms with E-state index < -0.39 is 0 Å². The van der Waals surface area contributed by atoms with Crippen LogP contribution in [0, 0.1) is 0 Å². The van der Waals surface area contributed by atoms with Crippen molar-refractivity contribution in [2.45, 2.75) is 70.2 Å². The van der Waals surface area contributed by atoms with Gasteiger partial charge in [-0.3, -0.25) is 9.80 Å². The minimum atomic E-state index is 0.169. The van der Waals surface area contributed by atoms with E-state index in [0.717, 1.165) is 39.1 Å². The summed E-state index contributed by atoms with van der Waals surface area (Å²) in [4.78, 5) is 5.16. The Labute approximate surface area is 124 Å². The van der Waals surface area contributed by atoms with Crippen LogP contribution in [0.4, 0.5) is 0 Å². The van der Waals surface area contributed by atoms with Crippen molar-refractivity contribution in [1.29, 1.82) is 0 Å². The number of rotatable bonds is 4. The zero-order valence-corrected chi connectivity index (χ0v) is 13.8. The molecule has 0 aromatic rings. The summed E-state index contributed by atoms with van der Waals surface area (Å²) in [5, 5.41) is 0. The van der Waals surface area contributed by atoms with E-state index in [9.17, 15) is 0 Å². The third-order valence-corrected chi connectivity index (χ3v) is 5.55. The van der Waals surface area contributed by atoms with Gasteiger partial charge in [0.1, 0.15) is 0 Å². The van der Waals surface area contributed by atoms with Crippen molar-refractivity contribution in [1.82, 2.24) is 9.80 Å². The monoisotopic (exact) mass is 283 g/mol. The largest absolute Gasteiger partial charge is 0.378 e. The second-order valence-corrected chi connectivity index (χ2v) is 6.93. The first kappa shape index (κ1) is 16.2.